The number of halogens is 1. The van der Waals surface area contributed by atoms with Crippen LogP contribution in [0, 0.1) is 0 Å². The van der Waals surface area contributed by atoms with E-state index in [0.717, 1.165) is 28.1 Å². The van der Waals surface area contributed by atoms with Crippen LogP contribution in [-0.2, 0) is 0 Å². The van der Waals surface area contributed by atoms with Crippen molar-refractivity contribution in [2.75, 3.05) is 5.33 Å². The molecule has 3 heteroatoms. The Kier molecular flexibility index (Phi) is 3.02. The fourth-order valence-electron chi connectivity index (χ4n) is 1.55. The summed E-state index contributed by atoms with van der Waals surface area (Å²) in [4.78, 5) is 13.8. The lowest BCUT2D eigenvalue weighted by molar-refractivity contribution is 0.112. The van der Waals surface area contributed by atoms with Crippen LogP contribution in [0.2, 0.25) is 0 Å². The smallest absolute Gasteiger partial charge is 0.152 e. The highest BCUT2D eigenvalue weighted by molar-refractivity contribution is 9.09. The SMILES string of the molecule is O=Cc1c[nH]c2cc(C=CCBr)ccc12. The Hall–Kier alpha value is -1.35. The highest BCUT2D eigenvalue weighted by Crippen LogP contribution is 2.18. The number of nitrogens with one attached hydrogen (secondary N) is 1. The van der Waals surface area contributed by atoms with Gasteiger partial charge in [0.25, 0.3) is 0 Å². The first-order valence-electron chi connectivity index (χ1n) is 4.64. The molecule has 1 heterocycles. The summed E-state index contributed by atoms with van der Waals surface area (Å²) in [6.07, 6.45) is 6.67. The van der Waals surface area contributed by atoms with Gasteiger partial charge in [-0.1, -0.05) is 40.2 Å². The molecule has 0 saturated carbocycles. The fraction of sp³-hybridized carbons (Fsp3) is 0.0833. The van der Waals surface area contributed by atoms with E-state index in [2.05, 4.69) is 20.9 Å². The molecule has 0 spiro atoms. The van der Waals surface area contributed by atoms with Gasteiger partial charge in [-0.15, -0.1) is 0 Å². The Morgan fingerprint density at radius 3 is 3.00 bits per heavy atom. The highest BCUT2D eigenvalue weighted by Gasteiger charge is 2.01. The van der Waals surface area contributed by atoms with Crippen LogP contribution in [0.15, 0.2) is 30.5 Å². The second-order valence-corrected chi connectivity index (χ2v) is 3.87. The molecule has 1 N–H and O–H groups in total. The van der Waals surface area contributed by atoms with Gasteiger partial charge in [0.2, 0.25) is 0 Å². The first kappa shape index (κ1) is 10.2. The predicted molar refractivity (Wildman–Crippen MR) is 66.5 cm³/mol. The normalized spacial score (nSPS) is 11.3. The molecular weight excluding hydrogens is 254 g/mol. The van der Waals surface area contributed by atoms with Crippen molar-refractivity contribution >= 4 is 39.2 Å². The third-order valence-corrected chi connectivity index (χ3v) is 2.64. The Balaban J connectivity index is 2.48. The maximum absolute atomic E-state index is 10.7. The molecule has 0 amide bonds. The van der Waals surface area contributed by atoms with E-state index in [1.54, 1.807) is 6.20 Å². The minimum absolute atomic E-state index is 0.709. The van der Waals surface area contributed by atoms with E-state index < -0.39 is 0 Å². The summed E-state index contributed by atoms with van der Waals surface area (Å²) >= 11 is 3.33. The van der Waals surface area contributed by atoms with E-state index in [1.807, 2.05) is 30.4 Å². The molecule has 0 unspecified atom stereocenters. The number of benzene rings is 1. The molecule has 0 atom stereocenters. The predicted octanol–water partition coefficient (Wildman–Crippen LogP) is 3.39. The Morgan fingerprint density at radius 2 is 2.27 bits per heavy atom. The monoisotopic (exact) mass is 263 g/mol. The number of fused-ring (bicyclic) bond motifs is 1. The van der Waals surface area contributed by atoms with Gasteiger partial charge in [-0.25, -0.2) is 0 Å². The maximum atomic E-state index is 10.7. The van der Waals surface area contributed by atoms with Crippen molar-refractivity contribution in [3.05, 3.63) is 41.6 Å². The summed E-state index contributed by atoms with van der Waals surface area (Å²) in [5.74, 6) is 0. The van der Waals surface area contributed by atoms with Crippen molar-refractivity contribution in [1.29, 1.82) is 0 Å². The summed E-state index contributed by atoms with van der Waals surface area (Å²) in [7, 11) is 0. The molecule has 0 fully saturated rings. The van der Waals surface area contributed by atoms with Crippen LogP contribution in [0.4, 0.5) is 0 Å². The molecule has 0 aliphatic carbocycles. The van der Waals surface area contributed by atoms with Crippen LogP contribution in [0.1, 0.15) is 15.9 Å². The lowest BCUT2D eigenvalue weighted by Gasteiger charge is -1.94. The van der Waals surface area contributed by atoms with E-state index in [-0.39, 0.29) is 0 Å². The first-order valence-corrected chi connectivity index (χ1v) is 5.76. The van der Waals surface area contributed by atoms with Gasteiger partial charge in [-0.3, -0.25) is 4.79 Å². The summed E-state index contributed by atoms with van der Waals surface area (Å²) in [5.41, 5.74) is 2.83. The number of carbonyl (C=O) groups excluding carboxylic acids is 1. The molecule has 0 bridgehead atoms. The molecule has 76 valence electrons. The van der Waals surface area contributed by atoms with E-state index in [1.165, 1.54) is 0 Å². The van der Waals surface area contributed by atoms with Gasteiger partial charge < -0.3 is 4.98 Å². The lowest BCUT2D eigenvalue weighted by Crippen LogP contribution is -1.76. The molecule has 0 radical (unpaired) electrons. The van der Waals surface area contributed by atoms with Crippen molar-refractivity contribution in [2.45, 2.75) is 0 Å². The Bertz CT molecular complexity index is 513. The van der Waals surface area contributed by atoms with Crippen LogP contribution in [0.3, 0.4) is 0 Å². The number of aldehydes is 1. The third-order valence-electron chi connectivity index (χ3n) is 2.26. The number of aromatic amines is 1. The third kappa shape index (κ3) is 2.02. The second-order valence-electron chi connectivity index (χ2n) is 3.22. The second kappa shape index (κ2) is 4.45. The fourth-order valence-corrected chi connectivity index (χ4v) is 1.73. The summed E-state index contributed by atoms with van der Waals surface area (Å²) in [6.45, 7) is 0. The zero-order chi connectivity index (χ0) is 10.7. The van der Waals surface area contributed by atoms with Crippen LogP contribution < -0.4 is 0 Å². The largest absolute Gasteiger partial charge is 0.360 e. The quantitative estimate of drug-likeness (QED) is 0.669. The van der Waals surface area contributed by atoms with E-state index >= 15 is 0 Å². The average Bonchev–Trinajstić information content (AvgIpc) is 2.68. The molecule has 0 aliphatic rings. The topological polar surface area (TPSA) is 32.9 Å². The van der Waals surface area contributed by atoms with Crippen molar-refractivity contribution in [1.82, 2.24) is 4.98 Å². The van der Waals surface area contributed by atoms with E-state index in [9.17, 15) is 4.79 Å². The Morgan fingerprint density at radius 1 is 1.40 bits per heavy atom. The number of aromatic nitrogens is 1. The number of alkyl halides is 1. The molecule has 0 saturated heterocycles. The van der Waals surface area contributed by atoms with Crippen molar-refractivity contribution < 1.29 is 4.79 Å². The van der Waals surface area contributed by atoms with Crippen molar-refractivity contribution in [2.24, 2.45) is 0 Å². The van der Waals surface area contributed by atoms with E-state index in [4.69, 9.17) is 0 Å². The Labute approximate surface area is 96.1 Å². The number of rotatable bonds is 3. The average molecular weight is 264 g/mol. The minimum atomic E-state index is 0.709. The first-order chi connectivity index (χ1) is 7.35. The zero-order valence-corrected chi connectivity index (χ0v) is 9.62. The summed E-state index contributed by atoms with van der Waals surface area (Å²) < 4.78 is 0. The van der Waals surface area contributed by atoms with Crippen molar-refractivity contribution in [3.63, 3.8) is 0 Å². The molecule has 0 aliphatic heterocycles. The van der Waals surface area contributed by atoms with Gasteiger partial charge in [0, 0.05) is 28.0 Å². The van der Waals surface area contributed by atoms with Gasteiger partial charge in [0.1, 0.15) is 0 Å². The molecule has 15 heavy (non-hydrogen) atoms. The van der Waals surface area contributed by atoms with Crippen LogP contribution in [0.5, 0.6) is 0 Å². The molecule has 2 aromatic rings. The summed E-state index contributed by atoms with van der Waals surface area (Å²) in [5, 5.41) is 1.82. The number of allylic oxidation sites excluding steroid dienone is 1. The van der Waals surface area contributed by atoms with Crippen LogP contribution in [0.25, 0.3) is 17.0 Å². The lowest BCUT2D eigenvalue weighted by atomic mass is 10.1. The minimum Gasteiger partial charge on any atom is -0.360 e. The molecule has 2 nitrogen and oxygen atoms in total. The number of H-pyrrole nitrogens is 1. The zero-order valence-electron chi connectivity index (χ0n) is 8.03. The van der Waals surface area contributed by atoms with Gasteiger partial charge in [-0.2, -0.15) is 0 Å². The van der Waals surface area contributed by atoms with Crippen LogP contribution in [-0.4, -0.2) is 16.6 Å². The van der Waals surface area contributed by atoms with Gasteiger partial charge in [-0.05, 0) is 11.6 Å². The standard InChI is InChI=1S/C12H10BrNO/c13-5-1-2-9-3-4-11-10(8-15)7-14-12(11)6-9/h1-4,6-8,14H,5H2. The van der Waals surface area contributed by atoms with Crippen LogP contribution >= 0.6 is 15.9 Å². The van der Waals surface area contributed by atoms with Gasteiger partial charge in [0.05, 0.1) is 0 Å². The molecular formula is C12H10BrNO. The summed E-state index contributed by atoms with van der Waals surface area (Å²) in [6, 6.07) is 5.99. The van der Waals surface area contributed by atoms with E-state index in [0.29, 0.717) is 5.56 Å². The molecule has 1 aromatic heterocycles. The van der Waals surface area contributed by atoms with Gasteiger partial charge >= 0.3 is 0 Å². The number of hydrogen-bond donors (Lipinski definition) is 1. The molecule has 1 aromatic carbocycles. The molecule has 2 rings (SSSR count). The van der Waals surface area contributed by atoms with Crippen molar-refractivity contribution in [3.8, 4) is 0 Å². The number of carbonyl (C=O) groups is 1. The van der Waals surface area contributed by atoms with Gasteiger partial charge in [0.15, 0.2) is 6.29 Å². The number of hydrogen-bond acceptors (Lipinski definition) is 1. The highest BCUT2D eigenvalue weighted by atomic mass is 79.9. The maximum Gasteiger partial charge on any atom is 0.152 e.